The molecule has 0 unspecified atom stereocenters. The molecule has 0 saturated heterocycles. The van der Waals surface area contributed by atoms with Gasteiger partial charge < -0.3 is 19.8 Å². The maximum atomic E-state index is 11.1. The van der Waals surface area contributed by atoms with Gasteiger partial charge in [0.15, 0.2) is 0 Å². The van der Waals surface area contributed by atoms with Crippen molar-refractivity contribution in [3.63, 3.8) is 0 Å². The molecule has 0 rings (SSSR count). The van der Waals surface area contributed by atoms with E-state index in [1.165, 1.54) is 103 Å². The minimum Gasteiger partial charge on any atom is -0.481 e. The number of hydrogen-bond donors (Lipinski definition) is 3. The molecule has 7 heteroatoms. The van der Waals surface area contributed by atoms with Crippen molar-refractivity contribution in [1.82, 2.24) is 0 Å². The van der Waals surface area contributed by atoms with Crippen LogP contribution in [0, 0.1) is 0 Å². The van der Waals surface area contributed by atoms with E-state index in [1.54, 1.807) is 0 Å². The highest BCUT2D eigenvalue weighted by Crippen LogP contribution is 2.19. The van der Waals surface area contributed by atoms with Crippen LogP contribution in [0.15, 0.2) is 12.2 Å². The lowest BCUT2D eigenvalue weighted by atomic mass is 10.0. The minimum absolute atomic E-state index is 0.0914. The largest absolute Gasteiger partial charge is 0.481 e. The molecule has 7 nitrogen and oxygen atoms in total. The summed E-state index contributed by atoms with van der Waals surface area (Å²) < 4.78 is 0.642. The molecule has 3 N–H and O–H groups in total. The standard InChI is InChI=1S/C34H63NO6/c1-2-3-4-5-6-7-8-9-10-11-12-13-14-15-16-17-18-19-20-21-28-35(29-22-25-32(36)37,30-23-26-33(38)39)31-24-27-34(40)41/h8-9H,2-7,10-31H2,1H3,(H2-,36,37,38,39,40,41)/p+1/b9-8+. The first-order valence-corrected chi connectivity index (χ1v) is 17.0. The third kappa shape index (κ3) is 28.0. The molecule has 0 radical (unpaired) electrons. The molecule has 0 heterocycles. The second kappa shape index (κ2) is 28.2. The molecule has 0 aliphatic rings. The van der Waals surface area contributed by atoms with Crippen LogP contribution in [0.4, 0.5) is 0 Å². The number of nitrogens with zero attached hydrogens (tertiary/aromatic N) is 1. The van der Waals surface area contributed by atoms with Crippen LogP contribution in [0.3, 0.4) is 0 Å². The first kappa shape index (κ1) is 39.1. The van der Waals surface area contributed by atoms with E-state index < -0.39 is 17.9 Å². The zero-order chi connectivity index (χ0) is 30.4. The Labute approximate surface area is 251 Å². The molecule has 0 saturated carbocycles. The summed E-state index contributed by atoms with van der Waals surface area (Å²) in [6.07, 6.45) is 29.7. The average molecular weight is 583 g/mol. The normalized spacial score (nSPS) is 11.8. The molecule has 0 aromatic carbocycles. The van der Waals surface area contributed by atoms with Crippen molar-refractivity contribution in [2.45, 2.75) is 161 Å². The van der Waals surface area contributed by atoms with E-state index in [1.807, 2.05) is 0 Å². The van der Waals surface area contributed by atoms with Gasteiger partial charge >= 0.3 is 17.9 Å². The van der Waals surface area contributed by atoms with Gasteiger partial charge in [-0.25, -0.2) is 0 Å². The van der Waals surface area contributed by atoms with Crippen LogP contribution in [-0.4, -0.2) is 63.9 Å². The molecular formula is C34H64NO6+. The van der Waals surface area contributed by atoms with E-state index in [0.717, 1.165) is 19.4 Å². The average Bonchev–Trinajstić information content (AvgIpc) is 2.91. The quantitative estimate of drug-likeness (QED) is 0.0414. The molecule has 0 aromatic rings. The predicted molar refractivity (Wildman–Crippen MR) is 168 cm³/mol. The van der Waals surface area contributed by atoms with Crippen molar-refractivity contribution in [3.05, 3.63) is 12.2 Å². The smallest absolute Gasteiger partial charge is 0.303 e. The van der Waals surface area contributed by atoms with E-state index in [2.05, 4.69) is 19.1 Å². The molecule has 0 fully saturated rings. The van der Waals surface area contributed by atoms with Crippen molar-refractivity contribution in [2.75, 3.05) is 26.2 Å². The molecule has 0 atom stereocenters. The Kier molecular flexibility index (Phi) is 26.9. The molecule has 41 heavy (non-hydrogen) atoms. The van der Waals surface area contributed by atoms with Gasteiger partial charge in [-0.15, -0.1) is 0 Å². The van der Waals surface area contributed by atoms with E-state index in [9.17, 15) is 14.4 Å². The van der Waals surface area contributed by atoms with Crippen LogP contribution >= 0.6 is 0 Å². The number of rotatable bonds is 32. The second-order valence-electron chi connectivity index (χ2n) is 12.1. The number of carboxylic acids is 3. The monoisotopic (exact) mass is 582 g/mol. The molecule has 0 bridgehead atoms. The number of quaternary nitrogens is 1. The Bertz CT molecular complexity index is 628. The van der Waals surface area contributed by atoms with Crippen LogP contribution in [-0.2, 0) is 14.4 Å². The van der Waals surface area contributed by atoms with Crippen LogP contribution in [0.1, 0.15) is 161 Å². The van der Waals surface area contributed by atoms with Gasteiger partial charge in [0, 0.05) is 19.3 Å². The fraction of sp³-hybridized carbons (Fsp3) is 0.853. The first-order chi connectivity index (χ1) is 19.8. The topological polar surface area (TPSA) is 112 Å². The third-order valence-electron chi connectivity index (χ3n) is 8.21. The SMILES string of the molecule is CCCCCCC/C=C/CCCCCCCCCCCCC[N+](CCCC(=O)O)(CCCC(=O)O)CCCC(=O)O. The number of carbonyl (C=O) groups is 3. The van der Waals surface area contributed by atoms with Crippen molar-refractivity contribution >= 4 is 17.9 Å². The van der Waals surface area contributed by atoms with Gasteiger partial charge in [0.1, 0.15) is 0 Å². The predicted octanol–water partition coefficient (Wildman–Crippen LogP) is 9.00. The summed E-state index contributed by atoms with van der Waals surface area (Å²) in [5, 5.41) is 27.3. The maximum Gasteiger partial charge on any atom is 0.303 e. The van der Waals surface area contributed by atoms with Crippen molar-refractivity contribution in [1.29, 1.82) is 0 Å². The van der Waals surface area contributed by atoms with Gasteiger partial charge in [-0.1, -0.05) is 96.1 Å². The summed E-state index contributed by atoms with van der Waals surface area (Å²) in [6.45, 7) is 5.13. The van der Waals surface area contributed by atoms with Gasteiger partial charge in [-0.2, -0.15) is 0 Å². The highest BCUT2D eigenvalue weighted by atomic mass is 16.4. The highest BCUT2D eigenvalue weighted by molar-refractivity contribution is 5.67. The van der Waals surface area contributed by atoms with E-state index in [4.69, 9.17) is 15.3 Å². The maximum absolute atomic E-state index is 11.1. The molecule has 0 aliphatic heterocycles. The number of unbranched alkanes of at least 4 members (excludes halogenated alkanes) is 16. The molecule has 0 aliphatic carbocycles. The summed E-state index contributed by atoms with van der Waals surface area (Å²) in [4.78, 5) is 33.2. The fourth-order valence-corrected chi connectivity index (χ4v) is 5.77. The van der Waals surface area contributed by atoms with Crippen molar-refractivity contribution in [2.24, 2.45) is 0 Å². The zero-order valence-electron chi connectivity index (χ0n) is 26.5. The first-order valence-electron chi connectivity index (χ1n) is 17.0. The summed E-state index contributed by atoms with van der Waals surface area (Å²) in [5.41, 5.74) is 0. The summed E-state index contributed by atoms with van der Waals surface area (Å²) in [7, 11) is 0. The van der Waals surface area contributed by atoms with E-state index in [-0.39, 0.29) is 19.3 Å². The Balaban J connectivity index is 4.08. The number of allylic oxidation sites excluding steroid dienone is 2. The molecular weight excluding hydrogens is 518 g/mol. The Morgan fingerprint density at radius 2 is 0.732 bits per heavy atom. The number of carboxylic acid groups (broad SMARTS) is 3. The lowest BCUT2D eigenvalue weighted by molar-refractivity contribution is -0.929. The van der Waals surface area contributed by atoms with E-state index in [0.29, 0.717) is 43.4 Å². The number of aliphatic carboxylic acids is 3. The zero-order valence-corrected chi connectivity index (χ0v) is 26.5. The van der Waals surface area contributed by atoms with Crippen LogP contribution < -0.4 is 0 Å². The third-order valence-corrected chi connectivity index (χ3v) is 8.21. The summed E-state index contributed by atoms with van der Waals surface area (Å²) >= 11 is 0. The summed E-state index contributed by atoms with van der Waals surface area (Å²) in [5.74, 6) is -2.47. The molecule has 0 amide bonds. The highest BCUT2D eigenvalue weighted by Gasteiger charge is 2.27. The van der Waals surface area contributed by atoms with Gasteiger partial charge in [0.2, 0.25) is 0 Å². The number of hydrogen-bond acceptors (Lipinski definition) is 3. The summed E-state index contributed by atoms with van der Waals surface area (Å²) in [6, 6.07) is 0. The van der Waals surface area contributed by atoms with Crippen molar-refractivity contribution < 1.29 is 34.2 Å². The Hall–Kier alpha value is -1.89. The van der Waals surface area contributed by atoms with Gasteiger partial charge in [0.05, 0.1) is 45.4 Å². The second-order valence-corrected chi connectivity index (χ2v) is 12.1. The molecule has 0 spiro atoms. The van der Waals surface area contributed by atoms with Crippen LogP contribution in [0.25, 0.3) is 0 Å². The minimum atomic E-state index is -0.824. The molecule has 0 aromatic heterocycles. The lowest BCUT2D eigenvalue weighted by Crippen LogP contribution is -2.51. The van der Waals surface area contributed by atoms with Gasteiger partial charge in [-0.3, -0.25) is 14.4 Å². The van der Waals surface area contributed by atoms with Gasteiger partial charge in [-0.05, 0) is 38.5 Å². The lowest BCUT2D eigenvalue weighted by Gasteiger charge is -2.39. The van der Waals surface area contributed by atoms with E-state index >= 15 is 0 Å². The Morgan fingerprint density at radius 3 is 1.07 bits per heavy atom. The van der Waals surface area contributed by atoms with Crippen molar-refractivity contribution in [3.8, 4) is 0 Å². The fourth-order valence-electron chi connectivity index (χ4n) is 5.77. The van der Waals surface area contributed by atoms with Crippen LogP contribution in [0.5, 0.6) is 0 Å². The molecule has 240 valence electrons. The van der Waals surface area contributed by atoms with Crippen LogP contribution in [0.2, 0.25) is 0 Å². The Morgan fingerprint density at radius 1 is 0.439 bits per heavy atom. The van der Waals surface area contributed by atoms with Gasteiger partial charge in [0.25, 0.3) is 0 Å².